The number of halogens is 2. The summed E-state index contributed by atoms with van der Waals surface area (Å²) in [5.41, 5.74) is 0.996. The van der Waals surface area contributed by atoms with Crippen molar-refractivity contribution in [2.75, 3.05) is 18.0 Å². The fraction of sp³-hybridized carbons (Fsp3) is 0.333. The number of nitrogens with one attached hydrogen (secondary N) is 1. The highest BCUT2D eigenvalue weighted by Gasteiger charge is 2.34. The van der Waals surface area contributed by atoms with Crippen molar-refractivity contribution in [3.8, 4) is 5.75 Å². The van der Waals surface area contributed by atoms with E-state index >= 15 is 0 Å². The van der Waals surface area contributed by atoms with Crippen molar-refractivity contribution in [2.45, 2.75) is 57.1 Å². The maximum Gasteiger partial charge on any atom is 0.264 e. The number of anilines is 1. The molecule has 3 aromatic carbocycles. The zero-order valence-corrected chi connectivity index (χ0v) is 25.8. The molecule has 0 spiro atoms. The monoisotopic (exact) mass is 619 g/mol. The molecule has 0 aliphatic rings. The number of sulfonamides is 1. The summed E-state index contributed by atoms with van der Waals surface area (Å²) in [5, 5.41) is 3.91. The van der Waals surface area contributed by atoms with E-state index in [0.29, 0.717) is 22.2 Å². The van der Waals surface area contributed by atoms with Crippen LogP contribution in [0.5, 0.6) is 5.75 Å². The van der Waals surface area contributed by atoms with Gasteiger partial charge >= 0.3 is 0 Å². The van der Waals surface area contributed by atoms with Gasteiger partial charge < -0.3 is 15.0 Å². The molecule has 0 aliphatic heterocycles. The van der Waals surface area contributed by atoms with E-state index in [1.807, 2.05) is 20.8 Å². The van der Waals surface area contributed by atoms with Gasteiger partial charge in [0.1, 0.15) is 18.3 Å². The maximum absolute atomic E-state index is 14.1. The fourth-order valence-corrected chi connectivity index (χ4v) is 5.82. The van der Waals surface area contributed by atoms with Crippen LogP contribution in [0.1, 0.15) is 39.2 Å². The van der Waals surface area contributed by atoms with E-state index in [1.54, 1.807) is 36.4 Å². The fourth-order valence-electron chi connectivity index (χ4n) is 4.16. The average Bonchev–Trinajstić information content (AvgIpc) is 2.97. The van der Waals surface area contributed by atoms with Gasteiger partial charge in [-0.1, -0.05) is 49.2 Å². The van der Waals surface area contributed by atoms with Crippen LogP contribution in [-0.4, -0.2) is 50.9 Å². The van der Waals surface area contributed by atoms with Crippen LogP contribution in [0.15, 0.2) is 77.7 Å². The van der Waals surface area contributed by atoms with Gasteiger partial charge in [0.2, 0.25) is 11.8 Å². The minimum atomic E-state index is -4.21. The van der Waals surface area contributed by atoms with Crippen LogP contribution in [0.4, 0.5) is 5.69 Å². The van der Waals surface area contributed by atoms with Crippen LogP contribution in [-0.2, 0) is 26.2 Å². The Kier molecular flexibility index (Phi) is 11.5. The van der Waals surface area contributed by atoms with Crippen molar-refractivity contribution in [2.24, 2.45) is 0 Å². The second kappa shape index (κ2) is 14.6. The van der Waals surface area contributed by atoms with E-state index < -0.39 is 28.5 Å². The van der Waals surface area contributed by atoms with Gasteiger partial charge in [-0.15, -0.1) is 0 Å². The molecule has 0 bridgehead atoms. The molecule has 0 saturated heterocycles. The molecular weight excluding hydrogens is 585 g/mol. The van der Waals surface area contributed by atoms with Gasteiger partial charge in [0.25, 0.3) is 10.0 Å². The lowest BCUT2D eigenvalue weighted by atomic mass is 10.1. The van der Waals surface area contributed by atoms with Crippen molar-refractivity contribution in [3.05, 3.63) is 88.4 Å². The standard InChI is InChI=1S/C30H35Cl2N3O5S/c1-5-21(3)33-30(37)28(6-2)34(19-22-7-9-23(31)10-8-22)29(36)20-35(25-13-11-24(32)12-14-25)41(38,39)27-17-15-26(40-4)16-18-27/h7-18,21,28H,5-6,19-20H2,1-4H3,(H,33,37)/t21-,28-/m1/s1. The molecule has 0 saturated carbocycles. The van der Waals surface area contributed by atoms with Crippen LogP contribution in [0.3, 0.4) is 0 Å². The van der Waals surface area contributed by atoms with Gasteiger partial charge in [-0.2, -0.15) is 0 Å². The Morgan fingerprint density at radius 2 is 1.44 bits per heavy atom. The molecule has 0 aromatic heterocycles. The molecule has 8 nitrogen and oxygen atoms in total. The predicted octanol–water partition coefficient (Wildman–Crippen LogP) is 5.92. The predicted molar refractivity (Wildman–Crippen MR) is 163 cm³/mol. The van der Waals surface area contributed by atoms with Gasteiger partial charge in [-0.3, -0.25) is 13.9 Å². The second-order valence-electron chi connectivity index (χ2n) is 9.55. The molecular formula is C30H35Cl2N3O5S. The summed E-state index contributed by atoms with van der Waals surface area (Å²) in [6.45, 7) is 5.19. The first-order valence-electron chi connectivity index (χ1n) is 13.3. The SMILES string of the molecule is CC[C@@H](C)NC(=O)[C@@H](CC)N(Cc1ccc(Cl)cc1)C(=O)CN(c1ccc(Cl)cc1)S(=O)(=O)c1ccc(OC)cc1. The Labute approximate surface area is 252 Å². The summed E-state index contributed by atoms with van der Waals surface area (Å²) in [7, 11) is -2.72. The van der Waals surface area contributed by atoms with Crippen molar-refractivity contribution in [3.63, 3.8) is 0 Å². The van der Waals surface area contributed by atoms with Crippen LogP contribution in [0, 0.1) is 0 Å². The van der Waals surface area contributed by atoms with E-state index in [-0.39, 0.29) is 29.1 Å². The first-order chi connectivity index (χ1) is 19.5. The minimum absolute atomic E-state index is 0.0214. The summed E-state index contributed by atoms with van der Waals surface area (Å²) in [5.74, 6) is -0.358. The number of carbonyl (C=O) groups excluding carboxylic acids is 2. The quantitative estimate of drug-likeness (QED) is 0.256. The zero-order chi connectivity index (χ0) is 30.2. The number of carbonyl (C=O) groups is 2. The molecule has 3 rings (SSSR count). The van der Waals surface area contributed by atoms with Crippen LogP contribution >= 0.6 is 23.2 Å². The number of methoxy groups -OCH3 is 1. The third-order valence-electron chi connectivity index (χ3n) is 6.69. The third kappa shape index (κ3) is 8.38. The highest BCUT2D eigenvalue weighted by atomic mass is 35.5. The normalized spacial score (nSPS) is 12.7. The number of hydrogen-bond acceptors (Lipinski definition) is 5. The highest BCUT2D eigenvalue weighted by molar-refractivity contribution is 7.92. The number of rotatable bonds is 13. The van der Waals surface area contributed by atoms with Crippen molar-refractivity contribution >= 4 is 50.7 Å². The molecule has 2 atom stereocenters. The zero-order valence-electron chi connectivity index (χ0n) is 23.5. The number of nitrogens with zero attached hydrogens (tertiary/aromatic N) is 2. The molecule has 220 valence electrons. The first kappa shape index (κ1) is 32.2. The Balaban J connectivity index is 2.05. The van der Waals surface area contributed by atoms with E-state index in [9.17, 15) is 18.0 Å². The minimum Gasteiger partial charge on any atom is -0.497 e. The second-order valence-corrected chi connectivity index (χ2v) is 12.3. The molecule has 3 aromatic rings. The molecule has 0 aliphatic carbocycles. The first-order valence-corrected chi connectivity index (χ1v) is 15.5. The number of hydrogen-bond donors (Lipinski definition) is 1. The average molecular weight is 621 g/mol. The largest absolute Gasteiger partial charge is 0.497 e. The molecule has 0 unspecified atom stereocenters. The molecule has 1 N–H and O–H groups in total. The number of ether oxygens (including phenoxy) is 1. The molecule has 41 heavy (non-hydrogen) atoms. The Hall–Kier alpha value is -3.27. The number of amides is 2. The van der Waals surface area contributed by atoms with Gasteiger partial charge in [-0.05, 0) is 86.0 Å². The van der Waals surface area contributed by atoms with E-state index in [1.165, 1.54) is 48.4 Å². The van der Waals surface area contributed by atoms with Crippen molar-refractivity contribution in [1.29, 1.82) is 0 Å². The van der Waals surface area contributed by atoms with Gasteiger partial charge in [0.05, 0.1) is 17.7 Å². The Bertz CT molecular complexity index is 1420. The highest BCUT2D eigenvalue weighted by Crippen LogP contribution is 2.27. The summed E-state index contributed by atoms with van der Waals surface area (Å²) >= 11 is 12.1. The van der Waals surface area contributed by atoms with E-state index in [0.717, 1.165) is 16.3 Å². The van der Waals surface area contributed by atoms with Crippen LogP contribution < -0.4 is 14.4 Å². The van der Waals surface area contributed by atoms with Crippen LogP contribution in [0.2, 0.25) is 10.0 Å². The van der Waals surface area contributed by atoms with Gasteiger partial charge in [-0.25, -0.2) is 8.42 Å². The molecule has 0 heterocycles. The molecule has 11 heteroatoms. The van der Waals surface area contributed by atoms with E-state index in [4.69, 9.17) is 27.9 Å². The topological polar surface area (TPSA) is 96.0 Å². The summed E-state index contributed by atoms with van der Waals surface area (Å²) in [6.07, 6.45) is 1.05. The summed E-state index contributed by atoms with van der Waals surface area (Å²) in [6, 6.07) is 18.1. The Morgan fingerprint density at radius 1 is 0.878 bits per heavy atom. The third-order valence-corrected chi connectivity index (χ3v) is 8.99. The molecule has 0 fully saturated rings. The van der Waals surface area contributed by atoms with Crippen LogP contribution in [0.25, 0.3) is 0 Å². The lowest BCUT2D eigenvalue weighted by molar-refractivity contribution is -0.140. The smallest absolute Gasteiger partial charge is 0.264 e. The molecule has 0 radical (unpaired) electrons. The summed E-state index contributed by atoms with van der Waals surface area (Å²) < 4.78 is 34.0. The Morgan fingerprint density at radius 3 is 1.95 bits per heavy atom. The lowest BCUT2D eigenvalue weighted by Gasteiger charge is -2.33. The van der Waals surface area contributed by atoms with Gasteiger partial charge in [0.15, 0.2) is 0 Å². The van der Waals surface area contributed by atoms with Gasteiger partial charge in [0, 0.05) is 22.6 Å². The van der Waals surface area contributed by atoms with Crippen molar-refractivity contribution < 1.29 is 22.7 Å². The van der Waals surface area contributed by atoms with Crippen molar-refractivity contribution in [1.82, 2.24) is 10.2 Å². The van der Waals surface area contributed by atoms with E-state index in [2.05, 4.69) is 5.32 Å². The number of benzene rings is 3. The molecule has 2 amide bonds. The maximum atomic E-state index is 14.1. The summed E-state index contributed by atoms with van der Waals surface area (Å²) in [4.78, 5) is 28.8. The lowest BCUT2D eigenvalue weighted by Crippen LogP contribution is -2.53.